The highest BCUT2D eigenvalue weighted by molar-refractivity contribution is 7.37. The van der Waals surface area contributed by atoms with E-state index in [0.717, 1.165) is 0 Å². The van der Waals surface area contributed by atoms with Gasteiger partial charge in [-0.15, -0.1) is 17.2 Å². The highest BCUT2D eigenvalue weighted by Crippen LogP contribution is 2.11. The fraction of sp³-hybridized carbons (Fsp3) is 1.00. The van der Waals surface area contributed by atoms with Gasteiger partial charge in [0.2, 0.25) is 0 Å². The highest BCUT2D eigenvalue weighted by Gasteiger charge is 1.85. The molecule has 0 aromatic heterocycles. The van der Waals surface area contributed by atoms with E-state index in [4.69, 9.17) is 0 Å². The molecule has 0 aromatic carbocycles. The molecule has 0 aromatic rings. The van der Waals surface area contributed by atoms with Crippen LogP contribution in [-0.4, -0.2) is 25.7 Å². The topological polar surface area (TPSA) is 0 Å². The van der Waals surface area contributed by atoms with Crippen molar-refractivity contribution in [1.29, 1.82) is 0 Å². The zero-order chi connectivity index (χ0) is 6.95. The summed E-state index contributed by atoms with van der Waals surface area (Å²) in [4.78, 5) is 0. The van der Waals surface area contributed by atoms with Crippen molar-refractivity contribution in [3.63, 3.8) is 0 Å². The molecule has 0 fully saturated rings. The largest absolute Gasteiger partial charge is 0.125 e. The van der Waals surface area contributed by atoms with E-state index in [1.54, 1.807) is 0 Å². The van der Waals surface area contributed by atoms with Crippen LogP contribution < -0.4 is 0 Å². The van der Waals surface area contributed by atoms with Crippen molar-refractivity contribution >= 4 is 17.2 Å². The summed E-state index contributed by atoms with van der Waals surface area (Å²) in [7, 11) is 2.34. The van der Waals surface area contributed by atoms with Crippen molar-refractivity contribution in [3.8, 4) is 0 Å². The van der Waals surface area contributed by atoms with Gasteiger partial charge in [0.05, 0.1) is 0 Å². The molecule has 0 heterocycles. The van der Waals surface area contributed by atoms with Gasteiger partial charge in [-0.1, -0.05) is 6.42 Å². The summed E-state index contributed by atoms with van der Waals surface area (Å²) in [6, 6.07) is 0. The van der Waals surface area contributed by atoms with Crippen LogP contribution in [0.5, 0.6) is 0 Å². The van der Waals surface area contributed by atoms with E-state index < -0.39 is 0 Å². The molecule has 0 aliphatic rings. The SMILES string of the molecule is CPCCCCCPC. The van der Waals surface area contributed by atoms with Crippen LogP contribution in [0, 0.1) is 0 Å². The highest BCUT2D eigenvalue weighted by atomic mass is 31.1. The van der Waals surface area contributed by atoms with E-state index in [1.807, 2.05) is 0 Å². The lowest BCUT2D eigenvalue weighted by Crippen LogP contribution is -1.80. The number of rotatable bonds is 6. The summed E-state index contributed by atoms with van der Waals surface area (Å²) in [5.41, 5.74) is 0. The van der Waals surface area contributed by atoms with Crippen molar-refractivity contribution in [2.45, 2.75) is 19.3 Å². The third-order valence-electron chi connectivity index (χ3n) is 1.35. The Balaban J connectivity index is 2.60. The molecule has 2 atom stereocenters. The number of unbranched alkanes of at least 4 members (excludes halogenated alkanes) is 2. The molecule has 0 saturated carbocycles. The molecule has 2 unspecified atom stereocenters. The van der Waals surface area contributed by atoms with Gasteiger partial charge >= 0.3 is 0 Å². The minimum absolute atomic E-state index is 1.17. The molecular weight excluding hydrogens is 146 g/mol. The van der Waals surface area contributed by atoms with Crippen LogP contribution in [0.3, 0.4) is 0 Å². The van der Waals surface area contributed by atoms with E-state index in [2.05, 4.69) is 13.3 Å². The maximum absolute atomic E-state index is 2.29. The molecular formula is C7H18P2. The van der Waals surface area contributed by atoms with Gasteiger partial charge in [-0.3, -0.25) is 0 Å². The summed E-state index contributed by atoms with van der Waals surface area (Å²) in [6.45, 7) is 4.59. The van der Waals surface area contributed by atoms with Gasteiger partial charge in [-0.2, -0.15) is 0 Å². The van der Waals surface area contributed by atoms with Crippen molar-refractivity contribution in [1.82, 2.24) is 0 Å². The quantitative estimate of drug-likeness (QED) is 0.418. The molecule has 0 saturated heterocycles. The summed E-state index contributed by atoms with van der Waals surface area (Å²) in [5.74, 6) is 0. The lowest BCUT2D eigenvalue weighted by atomic mass is 10.3. The van der Waals surface area contributed by atoms with Crippen molar-refractivity contribution in [2.24, 2.45) is 0 Å². The predicted molar refractivity (Wildman–Crippen MR) is 52.1 cm³/mol. The Kier molecular flexibility index (Phi) is 9.71. The first-order valence-corrected chi connectivity index (χ1v) is 7.12. The van der Waals surface area contributed by atoms with E-state index in [0.29, 0.717) is 0 Å². The zero-order valence-electron chi connectivity index (χ0n) is 6.54. The van der Waals surface area contributed by atoms with Crippen LogP contribution in [0.1, 0.15) is 19.3 Å². The summed E-state index contributed by atoms with van der Waals surface area (Å²) >= 11 is 0. The minimum atomic E-state index is 1.17. The fourth-order valence-electron chi connectivity index (χ4n) is 0.780. The van der Waals surface area contributed by atoms with Gasteiger partial charge in [0.1, 0.15) is 0 Å². The van der Waals surface area contributed by atoms with Gasteiger partial charge < -0.3 is 0 Å². The Bertz CT molecular complexity index is 40.2. The lowest BCUT2D eigenvalue weighted by molar-refractivity contribution is 0.783. The molecule has 0 aliphatic heterocycles. The molecule has 9 heavy (non-hydrogen) atoms. The zero-order valence-corrected chi connectivity index (χ0v) is 8.54. The van der Waals surface area contributed by atoms with Crippen molar-refractivity contribution < 1.29 is 0 Å². The fourth-order valence-corrected chi connectivity index (χ4v) is 1.99. The smallest absolute Gasteiger partial charge is 0.0356 e. The van der Waals surface area contributed by atoms with Gasteiger partial charge in [-0.25, -0.2) is 0 Å². The predicted octanol–water partition coefficient (Wildman–Crippen LogP) is 2.77. The Labute approximate surface area is 62.8 Å². The first-order chi connectivity index (χ1) is 4.41. The minimum Gasteiger partial charge on any atom is -0.125 e. The monoisotopic (exact) mass is 164 g/mol. The summed E-state index contributed by atoms with van der Waals surface area (Å²) in [6.07, 6.45) is 7.35. The van der Waals surface area contributed by atoms with Crippen molar-refractivity contribution in [3.05, 3.63) is 0 Å². The van der Waals surface area contributed by atoms with Crippen LogP contribution in [0.15, 0.2) is 0 Å². The molecule has 0 nitrogen and oxygen atoms in total. The Morgan fingerprint density at radius 3 is 1.56 bits per heavy atom. The van der Waals surface area contributed by atoms with Crippen LogP contribution in [0.2, 0.25) is 0 Å². The molecule has 0 rings (SSSR count). The van der Waals surface area contributed by atoms with E-state index in [-0.39, 0.29) is 0 Å². The van der Waals surface area contributed by atoms with Gasteiger partial charge in [-0.05, 0) is 38.5 Å². The second-order valence-corrected chi connectivity index (χ2v) is 4.68. The maximum atomic E-state index is 2.29. The summed E-state index contributed by atoms with van der Waals surface area (Å²) < 4.78 is 0. The normalized spacial score (nSPS) is 12.7. The van der Waals surface area contributed by atoms with Gasteiger partial charge in [0.25, 0.3) is 0 Å². The van der Waals surface area contributed by atoms with E-state index in [1.165, 1.54) is 48.7 Å². The van der Waals surface area contributed by atoms with Gasteiger partial charge in [0, 0.05) is 0 Å². The average Bonchev–Trinajstić information content (AvgIpc) is 1.89. The average molecular weight is 164 g/mol. The standard InChI is InChI=1S/C7H18P2/c1-8-6-4-3-5-7-9-2/h8-9H,3-7H2,1-2H3. The first kappa shape index (κ1) is 9.86. The Morgan fingerprint density at radius 2 is 1.22 bits per heavy atom. The van der Waals surface area contributed by atoms with Crippen LogP contribution >= 0.6 is 17.2 Å². The van der Waals surface area contributed by atoms with Crippen LogP contribution in [0.25, 0.3) is 0 Å². The molecule has 0 amide bonds. The van der Waals surface area contributed by atoms with Crippen LogP contribution in [0.4, 0.5) is 0 Å². The number of hydrogen-bond donors (Lipinski definition) is 0. The second-order valence-electron chi connectivity index (χ2n) is 2.27. The Hall–Kier alpha value is 0.860. The van der Waals surface area contributed by atoms with E-state index in [9.17, 15) is 0 Å². The maximum Gasteiger partial charge on any atom is -0.0356 e. The molecule has 0 radical (unpaired) electrons. The third-order valence-corrected chi connectivity index (χ3v) is 3.06. The number of hydrogen-bond acceptors (Lipinski definition) is 0. The third kappa shape index (κ3) is 8.86. The molecule has 0 bridgehead atoms. The van der Waals surface area contributed by atoms with Crippen molar-refractivity contribution in [2.75, 3.05) is 25.7 Å². The molecule has 0 spiro atoms. The van der Waals surface area contributed by atoms with E-state index >= 15 is 0 Å². The molecule has 56 valence electrons. The van der Waals surface area contributed by atoms with Gasteiger partial charge in [0.15, 0.2) is 0 Å². The second kappa shape index (κ2) is 8.86. The molecule has 0 aliphatic carbocycles. The molecule has 2 heteroatoms. The molecule has 0 N–H and O–H groups in total. The van der Waals surface area contributed by atoms with Crippen LogP contribution in [-0.2, 0) is 0 Å². The lowest BCUT2D eigenvalue weighted by Gasteiger charge is -1.96. The summed E-state index contributed by atoms with van der Waals surface area (Å²) in [5, 5.41) is 0. The first-order valence-electron chi connectivity index (χ1n) is 3.71. The Morgan fingerprint density at radius 1 is 0.778 bits per heavy atom.